The maximum atomic E-state index is 12.7. The van der Waals surface area contributed by atoms with Crippen LogP contribution in [0.25, 0.3) is 0 Å². The lowest BCUT2D eigenvalue weighted by atomic mass is 10.1. The number of para-hydroxylation sites is 3. The van der Waals surface area contributed by atoms with Crippen molar-refractivity contribution in [2.24, 2.45) is 0 Å². The molecule has 0 fully saturated rings. The Morgan fingerprint density at radius 2 is 1.35 bits per heavy atom. The van der Waals surface area contributed by atoms with Crippen molar-refractivity contribution in [3.63, 3.8) is 0 Å². The van der Waals surface area contributed by atoms with Gasteiger partial charge >= 0.3 is 0 Å². The van der Waals surface area contributed by atoms with Gasteiger partial charge in [-0.3, -0.25) is 4.79 Å². The number of anilines is 3. The highest BCUT2D eigenvalue weighted by Gasteiger charge is 2.12. The second kappa shape index (κ2) is 8.07. The molecular formula is C21H20N2O3. The molecule has 0 atom stereocenters. The second-order valence-electron chi connectivity index (χ2n) is 5.59. The maximum absolute atomic E-state index is 12.7. The van der Waals surface area contributed by atoms with Crippen LogP contribution >= 0.6 is 0 Å². The summed E-state index contributed by atoms with van der Waals surface area (Å²) in [6.45, 7) is 0. The molecule has 26 heavy (non-hydrogen) atoms. The third kappa shape index (κ3) is 4.13. The molecule has 132 valence electrons. The molecule has 0 radical (unpaired) electrons. The van der Waals surface area contributed by atoms with Crippen LogP contribution in [0.5, 0.6) is 11.5 Å². The highest BCUT2D eigenvalue weighted by molar-refractivity contribution is 6.06. The van der Waals surface area contributed by atoms with Crippen molar-refractivity contribution in [1.29, 1.82) is 0 Å². The van der Waals surface area contributed by atoms with E-state index in [1.54, 1.807) is 32.4 Å². The van der Waals surface area contributed by atoms with Crippen molar-refractivity contribution in [2.75, 3.05) is 24.9 Å². The van der Waals surface area contributed by atoms with Crippen LogP contribution < -0.4 is 20.1 Å². The molecule has 0 unspecified atom stereocenters. The number of rotatable bonds is 6. The molecule has 0 aliphatic carbocycles. The fraction of sp³-hybridized carbons (Fsp3) is 0.0952. The van der Waals surface area contributed by atoms with Crippen molar-refractivity contribution >= 4 is 23.0 Å². The Kier molecular flexibility index (Phi) is 5.39. The minimum atomic E-state index is -0.246. The van der Waals surface area contributed by atoms with Gasteiger partial charge in [0.15, 0.2) is 0 Å². The van der Waals surface area contributed by atoms with Gasteiger partial charge in [-0.15, -0.1) is 0 Å². The largest absolute Gasteiger partial charge is 0.497 e. The van der Waals surface area contributed by atoms with Crippen molar-refractivity contribution in [2.45, 2.75) is 0 Å². The van der Waals surface area contributed by atoms with Crippen LogP contribution in [0.2, 0.25) is 0 Å². The Morgan fingerprint density at radius 3 is 1.96 bits per heavy atom. The first-order valence-electron chi connectivity index (χ1n) is 8.15. The van der Waals surface area contributed by atoms with E-state index in [4.69, 9.17) is 9.47 Å². The molecule has 0 spiro atoms. The van der Waals surface area contributed by atoms with Crippen LogP contribution in [0, 0.1) is 0 Å². The van der Waals surface area contributed by atoms with Crippen LogP contribution in [-0.4, -0.2) is 20.1 Å². The van der Waals surface area contributed by atoms with Crippen molar-refractivity contribution in [3.05, 3.63) is 78.4 Å². The van der Waals surface area contributed by atoms with Gasteiger partial charge in [0.2, 0.25) is 0 Å². The number of amides is 1. The van der Waals surface area contributed by atoms with E-state index in [1.807, 2.05) is 54.6 Å². The number of carbonyl (C=O) groups is 1. The summed E-state index contributed by atoms with van der Waals surface area (Å²) in [5.74, 6) is 0.875. The molecule has 0 bridgehead atoms. The van der Waals surface area contributed by atoms with Crippen LogP contribution in [-0.2, 0) is 0 Å². The van der Waals surface area contributed by atoms with Gasteiger partial charge in [-0.05, 0) is 36.4 Å². The number of nitrogens with one attached hydrogen (secondary N) is 2. The lowest BCUT2D eigenvalue weighted by molar-refractivity contribution is 0.102. The Hall–Kier alpha value is -3.47. The Labute approximate surface area is 152 Å². The van der Waals surface area contributed by atoms with Crippen LogP contribution in [0.4, 0.5) is 17.1 Å². The summed E-state index contributed by atoms with van der Waals surface area (Å²) in [5, 5.41) is 6.25. The van der Waals surface area contributed by atoms with Crippen molar-refractivity contribution in [3.8, 4) is 11.5 Å². The summed E-state index contributed by atoms with van der Waals surface area (Å²) < 4.78 is 10.5. The standard InChI is InChI=1S/C21H20N2O3/c1-25-17-12-15(13-18(14-17)26-2)21(24)23-20-11-7-6-10-19(20)22-16-8-4-3-5-9-16/h3-14,22H,1-2H3,(H,23,24). The molecule has 5 heteroatoms. The van der Waals surface area contributed by atoms with E-state index in [0.717, 1.165) is 11.4 Å². The van der Waals surface area contributed by atoms with Crippen LogP contribution in [0.15, 0.2) is 72.8 Å². The highest BCUT2D eigenvalue weighted by Crippen LogP contribution is 2.27. The number of hydrogen-bond acceptors (Lipinski definition) is 4. The number of methoxy groups -OCH3 is 2. The summed E-state index contributed by atoms with van der Waals surface area (Å²) >= 11 is 0. The third-order valence-corrected chi connectivity index (χ3v) is 3.84. The fourth-order valence-electron chi connectivity index (χ4n) is 2.51. The quantitative estimate of drug-likeness (QED) is 0.678. The van der Waals surface area contributed by atoms with E-state index in [9.17, 15) is 4.79 Å². The van der Waals surface area contributed by atoms with Crippen LogP contribution in [0.3, 0.4) is 0 Å². The van der Waals surface area contributed by atoms with Gasteiger partial charge in [-0.25, -0.2) is 0 Å². The first-order chi connectivity index (χ1) is 12.7. The number of carbonyl (C=O) groups excluding carboxylic acids is 1. The zero-order valence-corrected chi connectivity index (χ0v) is 14.7. The minimum Gasteiger partial charge on any atom is -0.497 e. The molecular weight excluding hydrogens is 328 g/mol. The van der Waals surface area contributed by atoms with Crippen LogP contribution in [0.1, 0.15) is 10.4 Å². The second-order valence-corrected chi connectivity index (χ2v) is 5.59. The van der Waals surface area contributed by atoms with E-state index in [-0.39, 0.29) is 5.91 Å². The molecule has 5 nitrogen and oxygen atoms in total. The Balaban J connectivity index is 1.84. The van der Waals surface area contributed by atoms with Gasteiger partial charge in [-0.1, -0.05) is 30.3 Å². The Bertz CT molecular complexity index is 873. The highest BCUT2D eigenvalue weighted by atomic mass is 16.5. The van der Waals surface area contributed by atoms with E-state index in [2.05, 4.69) is 10.6 Å². The molecule has 3 aromatic rings. The van der Waals surface area contributed by atoms with Gasteiger partial charge < -0.3 is 20.1 Å². The molecule has 3 rings (SSSR count). The van der Waals surface area contributed by atoms with E-state index >= 15 is 0 Å². The summed E-state index contributed by atoms with van der Waals surface area (Å²) in [6.07, 6.45) is 0. The predicted molar refractivity (Wildman–Crippen MR) is 104 cm³/mol. The summed E-state index contributed by atoms with van der Waals surface area (Å²) in [4.78, 5) is 12.7. The zero-order chi connectivity index (χ0) is 18.4. The lowest BCUT2D eigenvalue weighted by Gasteiger charge is -2.14. The molecule has 0 saturated heterocycles. The molecule has 0 aliphatic rings. The first-order valence-corrected chi connectivity index (χ1v) is 8.15. The van der Waals surface area contributed by atoms with E-state index in [1.165, 1.54) is 0 Å². The fourth-order valence-corrected chi connectivity index (χ4v) is 2.51. The normalized spacial score (nSPS) is 10.1. The molecule has 0 heterocycles. The number of ether oxygens (including phenoxy) is 2. The van der Waals surface area contributed by atoms with Gasteiger partial charge in [0.25, 0.3) is 5.91 Å². The topological polar surface area (TPSA) is 59.6 Å². The van der Waals surface area contributed by atoms with Gasteiger partial charge in [-0.2, -0.15) is 0 Å². The molecule has 1 amide bonds. The summed E-state index contributed by atoms with van der Waals surface area (Å²) in [5.41, 5.74) is 2.89. The third-order valence-electron chi connectivity index (χ3n) is 3.84. The van der Waals surface area contributed by atoms with Gasteiger partial charge in [0.1, 0.15) is 11.5 Å². The van der Waals surface area contributed by atoms with Gasteiger partial charge in [0, 0.05) is 17.3 Å². The van der Waals surface area contributed by atoms with E-state index in [0.29, 0.717) is 22.7 Å². The maximum Gasteiger partial charge on any atom is 0.255 e. The smallest absolute Gasteiger partial charge is 0.255 e. The molecule has 0 saturated carbocycles. The zero-order valence-electron chi connectivity index (χ0n) is 14.7. The van der Waals surface area contributed by atoms with Crippen molar-refractivity contribution < 1.29 is 14.3 Å². The minimum absolute atomic E-state index is 0.246. The Morgan fingerprint density at radius 1 is 0.769 bits per heavy atom. The molecule has 0 aliphatic heterocycles. The first kappa shape index (κ1) is 17.4. The summed E-state index contributed by atoms with van der Waals surface area (Å²) in [6, 6.07) is 22.4. The average Bonchev–Trinajstić information content (AvgIpc) is 2.69. The average molecular weight is 348 g/mol. The molecule has 2 N–H and O–H groups in total. The summed E-state index contributed by atoms with van der Waals surface area (Å²) in [7, 11) is 3.10. The number of benzene rings is 3. The molecule has 0 aromatic heterocycles. The monoisotopic (exact) mass is 348 g/mol. The number of hydrogen-bond donors (Lipinski definition) is 2. The van der Waals surface area contributed by atoms with Gasteiger partial charge in [0.05, 0.1) is 25.6 Å². The molecule has 3 aromatic carbocycles. The lowest BCUT2D eigenvalue weighted by Crippen LogP contribution is -2.13. The van der Waals surface area contributed by atoms with Crippen molar-refractivity contribution in [1.82, 2.24) is 0 Å². The van der Waals surface area contributed by atoms with E-state index < -0.39 is 0 Å². The SMILES string of the molecule is COc1cc(OC)cc(C(=O)Nc2ccccc2Nc2ccccc2)c1. The predicted octanol–water partition coefficient (Wildman–Crippen LogP) is 4.70.